The van der Waals surface area contributed by atoms with Gasteiger partial charge in [-0.25, -0.2) is 14.4 Å². The molecule has 364 valence electrons. The van der Waals surface area contributed by atoms with Crippen LogP contribution < -0.4 is 20.9 Å². The first-order valence-corrected chi connectivity index (χ1v) is 25.0. The van der Waals surface area contributed by atoms with Gasteiger partial charge in [-0.15, -0.1) is 0 Å². The fourth-order valence-corrected chi connectivity index (χ4v) is 10.8. The molecule has 4 saturated heterocycles. The maximum atomic E-state index is 13.7. The zero-order chi connectivity index (χ0) is 49.1. The number of imide groups is 1. The van der Waals surface area contributed by atoms with Gasteiger partial charge in [-0.05, 0) is 144 Å². The van der Waals surface area contributed by atoms with Crippen LogP contribution in [-0.2, 0) is 14.3 Å². The summed E-state index contributed by atoms with van der Waals surface area (Å²) in [6.45, 7) is 16.8. The molecule has 2 aromatic carbocycles. The number of pyridine rings is 2. The maximum absolute atomic E-state index is 13.7. The molecule has 9 rings (SSSR count). The smallest absolute Gasteiger partial charge is 0.413 e. The first kappa shape index (κ1) is 48.1. The van der Waals surface area contributed by atoms with Crippen LogP contribution >= 0.6 is 0 Å². The van der Waals surface area contributed by atoms with E-state index in [2.05, 4.69) is 79.6 Å². The number of anilines is 3. The second-order valence-corrected chi connectivity index (χ2v) is 20.5. The predicted molar refractivity (Wildman–Crippen MR) is 271 cm³/mol. The summed E-state index contributed by atoms with van der Waals surface area (Å²) < 4.78 is 7.77. The highest BCUT2D eigenvalue weighted by molar-refractivity contribution is 6.01. The SMILES string of the molecule is CC1C([C@H](C)N2CCC(c3ccc(C(=O)N4CCC(C=[N+]5CCN(c6ccc(NC7CCC(=O)NC7=O)cc6C#N)CC5)CC4)cc3)CC2)=Cc2c(-c3ccc(NC(=O)OC(C)(C)C)nc3)ccnc21. The molecule has 3 atom stereocenters. The molecule has 3 N–H and O–H groups in total. The highest BCUT2D eigenvalue weighted by Gasteiger charge is 2.34. The first-order valence-electron chi connectivity index (χ1n) is 25.0. The Morgan fingerprint density at radius 2 is 1.67 bits per heavy atom. The average Bonchev–Trinajstić information content (AvgIpc) is 3.70. The van der Waals surface area contributed by atoms with E-state index in [0.29, 0.717) is 41.7 Å². The molecular weight excluding hydrogens is 881 g/mol. The van der Waals surface area contributed by atoms with Crippen molar-refractivity contribution in [3.05, 3.63) is 107 Å². The summed E-state index contributed by atoms with van der Waals surface area (Å²) in [4.78, 5) is 65.9. The molecule has 1 aliphatic carbocycles. The Kier molecular flexibility index (Phi) is 14.1. The van der Waals surface area contributed by atoms with Gasteiger partial charge in [0.15, 0.2) is 13.1 Å². The number of fused-ring (bicyclic) bond motifs is 1. The van der Waals surface area contributed by atoms with E-state index in [0.717, 1.165) is 112 Å². The van der Waals surface area contributed by atoms with Crippen LogP contribution in [0.15, 0.2) is 78.6 Å². The highest BCUT2D eigenvalue weighted by atomic mass is 16.6. The second-order valence-electron chi connectivity index (χ2n) is 20.5. The van der Waals surface area contributed by atoms with Crippen molar-refractivity contribution in [1.29, 1.82) is 5.26 Å². The third kappa shape index (κ3) is 10.9. The van der Waals surface area contributed by atoms with E-state index in [1.54, 1.807) is 18.3 Å². The number of amides is 4. The Hall–Kier alpha value is -6.92. The lowest BCUT2D eigenvalue weighted by Gasteiger charge is -2.37. The summed E-state index contributed by atoms with van der Waals surface area (Å²) in [7, 11) is 0. The number of nitriles is 1. The number of nitrogens with zero attached hydrogens (tertiary/aromatic N) is 7. The topological polar surface area (TPSA) is 176 Å². The Balaban J connectivity index is 0.726. The Morgan fingerprint density at radius 3 is 2.34 bits per heavy atom. The van der Waals surface area contributed by atoms with Crippen molar-refractivity contribution in [2.75, 3.05) is 67.9 Å². The molecular formula is C55H65N10O5+. The number of nitrogens with one attached hydrogen (secondary N) is 3. The molecule has 0 bridgehead atoms. The van der Waals surface area contributed by atoms with Crippen LogP contribution in [0.1, 0.15) is 118 Å². The van der Waals surface area contributed by atoms with Crippen LogP contribution in [0.25, 0.3) is 17.2 Å². The van der Waals surface area contributed by atoms with Gasteiger partial charge in [0.05, 0.1) is 30.0 Å². The van der Waals surface area contributed by atoms with Crippen molar-refractivity contribution >= 4 is 53.3 Å². The number of ether oxygens (including phenoxy) is 1. The van der Waals surface area contributed by atoms with Crippen LogP contribution in [0.4, 0.5) is 22.0 Å². The normalized spacial score (nSPS) is 20.7. The molecule has 5 aliphatic rings. The quantitative estimate of drug-likeness (QED) is 0.105. The fraction of sp³-hybridized carbons (Fsp3) is 0.455. The minimum atomic E-state index is -0.594. The van der Waals surface area contributed by atoms with Gasteiger partial charge >= 0.3 is 6.09 Å². The number of piperidine rings is 3. The largest absolute Gasteiger partial charge is 0.444 e. The molecule has 0 saturated carbocycles. The number of carbonyl (C=O) groups is 4. The number of likely N-dealkylation sites (tertiary alicyclic amines) is 2. The Bertz CT molecular complexity index is 2710. The molecule has 4 amide bonds. The Morgan fingerprint density at radius 1 is 0.929 bits per heavy atom. The molecule has 2 aromatic heterocycles. The molecule has 4 fully saturated rings. The lowest BCUT2D eigenvalue weighted by Crippen LogP contribution is -2.47. The summed E-state index contributed by atoms with van der Waals surface area (Å²) >= 11 is 0. The van der Waals surface area contributed by atoms with Crippen LogP contribution in [-0.4, -0.2) is 124 Å². The number of hydrogen-bond acceptors (Lipinski definition) is 11. The van der Waals surface area contributed by atoms with E-state index in [1.165, 1.54) is 11.1 Å². The standard InChI is InChI=1S/C55H64N10O5/c1-35-45(31-46-44(16-21-57-51(35)46)41-10-14-49(58-33-41)60-54(69)70-55(3,4)5)36(2)63-24-19-39(20-25-63)38-6-8-40(9-7-38)53(68)65-22-17-37(18-23-65)34-62-26-28-64(29-27-62)48-13-11-43(30-42(48)32-56)59-47-12-15-50(66)61-52(47)67/h6-11,13-14,16,21,30-31,33-37,39,47,59H,12,15,17-20,22-29H2,1-5H3,(H-,57,58,60,61,66,67,69)/p+1/t35?,36-,47?/m0/s1. The minimum absolute atomic E-state index is 0.106. The number of rotatable bonds is 10. The van der Waals surface area contributed by atoms with Gasteiger partial charge in [-0.1, -0.05) is 25.1 Å². The molecule has 0 spiro atoms. The minimum Gasteiger partial charge on any atom is -0.444 e. The van der Waals surface area contributed by atoms with Gasteiger partial charge in [-0.3, -0.25) is 34.9 Å². The molecule has 15 heteroatoms. The second kappa shape index (κ2) is 20.6. The van der Waals surface area contributed by atoms with E-state index in [4.69, 9.17) is 9.72 Å². The van der Waals surface area contributed by atoms with E-state index < -0.39 is 17.7 Å². The third-order valence-electron chi connectivity index (χ3n) is 14.7. The van der Waals surface area contributed by atoms with E-state index in [1.807, 2.05) is 68.3 Å². The zero-order valence-corrected chi connectivity index (χ0v) is 41.0. The summed E-state index contributed by atoms with van der Waals surface area (Å²) in [5.74, 6) is 0.999. The van der Waals surface area contributed by atoms with Gasteiger partial charge in [0.2, 0.25) is 11.8 Å². The summed E-state index contributed by atoms with van der Waals surface area (Å²) in [5, 5.41) is 18.3. The maximum Gasteiger partial charge on any atom is 0.413 e. The van der Waals surface area contributed by atoms with Crippen molar-refractivity contribution in [3.63, 3.8) is 0 Å². The van der Waals surface area contributed by atoms with Crippen LogP contribution in [0, 0.1) is 17.2 Å². The first-order chi connectivity index (χ1) is 33.7. The van der Waals surface area contributed by atoms with Gasteiger partial charge in [0.25, 0.3) is 5.91 Å². The van der Waals surface area contributed by atoms with E-state index in [-0.39, 0.29) is 29.7 Å². The molecule has 4 aromatic rings. The number of hydrogen-bond donors (Lipinski definition) is 3. The lowest BCUT2D eigenvalue weighted by molar-refractivity contribution is -0.527. The molecule has 4 aliphatic heterocycles. The van der Waals surface area contributed by atoms with E-state index >= 15 is 0 Å². The summed E-state index contributed by atoms with van der Waals surface area (Å²) in [6.07, 6.45) is 12.5. The van der Waals surface area contributed by atoms with Crippen LogP contribution in [0.5, 0.6) is 0 Å². The van der Waals surface area contributed by atoms with Crippen molar-refractivity contribution < 1.29 is 28.5 Å². The van der Waals surface area contributed by atoms with Gasteiger partial charge < -0.3 is 19.9 Å². The Labute approximate surface area is 411 Å². The molecule has 2 unspecified atom stereocenters. The molecule has 70 heavy (non-hydrogen) atoms. The number of carbonyl (C=O) groups excluding carboxylic acids is 4. The zero-order valence-electron chi connectivity index (χ0n) is 41.0. The van der Waals surface area contributed by atoms with Gasteiger partial charge in [0.1, 0.15) is 29.7 Å². The molecule has 6 heterocycles. The lowest BCUT2D eigenvalue weighted by atomic mass is 9.87. The van der Waals surface area contributed by atoms with Crippen molar-refractivity contribution in [1.82, 2.24) is 25.1 Å². The number of piperazine rings is 1. The fourth-order valence-electron chi connectivity index (χ4n) is 10.8. The summed E-state index contributed by atoms with van der Waals surface area (Å²) in [6, 6.07) is 21.9. The number of aromatic nitrogens is 2. The summed E-state index contributed by atoms with van der Waals surface area (Å²) in [5.41, 5.74) is 9.20. The molecule has 15 nitrogen and oxygen atoms in total. The van der Waals surface area contributed by atoms with Crippen LogP contribution in [0.2, 0.25) is 0 Å². The number of benzene rings is 2. The van der Waals surface area contributed by atoms with Crippen LogP contribution in [0.3, 0.4) is 0 Å². The van der Waals surface area contributed by atoms with Crippen molar-refractivity contribution in [2.45, 2.75) is 103 Å². The van der Waals surface area contributed by atoms with Crippen molar-refractivity contribution in [3.8, 4) is 17.2 Å². The molecule has 0 radical (unpaired) electrons. The highest BCUT2D eigenvalue weighted by Crippen LogP contribution is 2.43. The third-order valence-corrected chi connectivity index (χ3v) is 14.7. The monoisotopic (exact) mass is 946 g/mol. The van der Waals surface area contributed by atoms with Crippen molar-refractivity contribution in [2.24, 2.45) is 5.92 Å². The van der Waals surface area contributed by atoms with Gasteiger partial charge in [-0.2, -0.15) is 5.26 Å². The van der Waals surface area contributed by atoms with E-state index in [9.17, 15) is 24.4 Å². The average molecular weight is 946 g/mol. The van der Waals surface area contributed by atoms with Gasteiger partial charge in [0, 0.05) is 72.2 Å². The predicted octanol–water partition coefficient (Wildman–Crippen LogP) is 7.80.